The minimum Gasteiger partial charge on any atom is -0.480 e. The Morgan fingerprint density at radius 2 is 0.968 bits per heavy atom. The first kappa shape index (κ1) is 37.5. The minimum absolute atomic E-state index is 0. The van der Waals surface area contributed by atoms with Gasteiger partial charge in [0.15, 0.2) is 0 Å². The number of carboxylic acid groups (broad SMARTS) is 3. The molecule has 0 aliphatic rings. The minimum atomic E-state index is -4.67. The van der Waals surface area contributed by atoms with Gasteiger partial charge in [-0.15, -0.1) is 0 Å². The van der Waals surface area contributed by atoms with E-state index in [4.69, 9.17) is 32.8 Å². The number of aliphatic carboxylic acids is 3. The molecule has 0 aromatic carbocycles. The molecular weight excluding hydrogens is 445 g/mol. The van der Waals surface area contributed by atoms with Crippen LogP contribution < -0.4 is 29.6 Å². The molecule has 0 aliphatic carbocycles. The maximum absolute atomic E-state index is 10.1. The monoisotopic (exact) mass is 481 g/mol. The summed E-state index contributed by atoms with van der Waals surface area (Å²) in [4.78, 5) is 31.2. The molecule has 0 atom stereocenters. The molecule has 0 saturated carbocycles. The first-order valence-corrected chi connectivity index (χ1v) is 11.1. The molecular formula is C18H36NNaO10S. The number of rotatable bonds is 15. The summed E-state index contributed by atoms with van der Waals surface area (Å²) in [6.07, 6.45) is 13.9. The van der Waals surface area contributed by atoms with Gasteiger partial charge in [-0.1, -0.05) is 64.7 Å². The van der Waals surface area contributed by atoms with Crippen molar-refractivity contribution >= 4 is 28.3 Å². The van der Waals surface area contributed by atoms with Crippen LogP contribution in [0.1, 0.15) is 71.1 Å². The van der Waals surface area contributed by atoms with Crippen molar-refractivity contribution in [3.63, 3.8) is 0 Å². The number of unbranched alkanes of at least 4 members (excludes halogenated alkanes) is 9. The molecule has 11 nitrogen and oxygen atoms in total. The van der Waals surface area contributed by atoms with Gasteiger partial charge in [-0.25, -0.2) is 0 Å². The van der Waals surface area contributed by atoms with Gasteiger partial charge in [0.2, 0.25) is 0 Å². The second kappa shape index (κ2) is 25.5. The predicted octanol–water partition coefficient (Wildman–Crippen LogP) is -0.365. The average molecular weight is 482 g/mol. The summed E-state index contributed by atoms with van der Waals surface area (Å²) in [5, 5.41) is 24.8. The first-order chi connectivity index (χ1) is 13.8. The van der Waals surface area contributed by atoms with Crippen LogP contribution in [0.2, 0.25) is 0 Å². The van der Waals surface area contributed by atoms with E-state index in [0.29, 0.717) is 0 Å². The van der Waals surface area contributed by atoms with Crippen LogP contribution in [-0.4, -0.2) is 75.3 Å². The van der Waals surface area contributed by atoms with Crippen LogP contribution in [0.5, 0.6) is 0 Å². The Morgan fingerprint density at radius 1 is 0.710 bits per heavy atom. The Labute approximate surface area is 207 Å². The molecule has 0 aromatic heterocycles. The second-order valence-electron chi connectivity index (χ2n) is 6.46. The Hall–Kier alpha value is -0.760. The Kier molecular flexibility index (Phi) is 30.9. The topological polar surface area (TPSA) is 190 Å². The maximum Gasteiger partial charge on any atom is 1.00 e. The third kappa shape index (κ3) is 53.0. The summed E-state index contributed by atoms with van der Waals surface area (Å²) in [6, 6.07) is 0. The van der Waals surface area contributed by atoms with Gasteiger partial charge in [0, 0.05) is 0 Å². The Bertz CT molecular complexity index is 502. The van der Waals surface area contributed by atoms with Crippen molar-refractivity contribution in [3.8, 4) is 0 Å². The van der Waals surface area contributed by atoms with Crippen molar-refractivity contribution in [2.75, 3.05) is 19.6 Å². The number of carbonyl (C=O) groups is 3. The SMILES string of the molecule is O=C(O)CN(CC(=O)O)CC(=O)O.O=S(=O)(O)O.[CH2-]CCCCCCCCCCC.[Na+]. The molecule has 180 valence electrons. The Balaban J connectivity index is -0.000000189. The molecule has 0 aromatic rings. The molecule has 0 heterocycles. The molecule has 5 N–H and O–H groups in total. The summed E-state index contributed by atoms with van der Waals surface area (Å²) in [6.45, 7) is 4.32. The number of nitrogens with zero attached hydrogens (tertiary/aromatic N) is 1. The molecule has 0 bridgehead atoms. The van der Waals surface area contributed by atoms with E-state index in [1.54, 1.807) is 0 Å². The molecule has 0 radical (unpaired) electrons. The number of hydrogen-bond donors (Lipinski definition) is 5. The van der Waals surface area contributed by atoms with E-state index in [9.17, 15) is 14.4 Å². The molecule has 0 fully saturated rings. The van der Waals surface area contributed by atoms with Crippen molar-refractivity contribution < 1.29 is 76.8 Å². The summed E-state index contributed by atoms with van der Waals surface area (Å²) < 4.78 is 31.6. The largest absolute Gasteiger partial charge is 1.00 e. The van der Waals surface area contributed by atoms with Gasteiger partial charge < -0.3 is 22.2 Å². The van der Waals surface area contributed by atoms with Gasteiger partial charge in [0.1, 0.15) is 0 Å². The van der Waals surface area contributed by atoms with Gasteiger partial charge in [-0.05, 0) is 0 Å². The Morgan fingerprint density at radius 3 is 1.19 bits per heavy atom. The molecule has 31 heavy (non-hydrogen) atoms. The van der Waals surface area contributed by atoms with Crippen molar-refractivity contribution in [1.82, 2.24) is 4.90 Å². The van der Waals surface area contributed by atoms with Gasteiger partial charge >= 0.3 is 57.9 Å². The quantitative estimate of drug-likeness (QED) is 0.0888. The molecule has 0 aliphatic heterocycles. The van der Waals surface area contributed by atoms with Gasteiger partial charge in [0.05, 0.1) is 19.6 Å². The zero-order valence-corrected chi connectivity index (χ0v) is 21.3. The first-order valence-electron chi connectivity index (χ1n) is 9.70. The van der Waals surface area contributed by atoms with Crippen LogP contribution in [0, 0.1) is 6.92 Å². The van der Waals surface area contributed by atoms with E-state index >= 15 is 0 Å². The smallest absolute Gasteiger partial charge is 0.480 e. The van der Waals surface area contributed by atoms with Crippen LogP contribution in [0.15, 0.2) is 0 Å². The molecule has 0 spiro atoms. The normalized spacial score (nSPS) is 10.1. The van der Waals surface area contributed by atoms with E-state index in [2.05, 4.69) is 13.8 Å². The predicted molar refractivity (Wildman–Crippen MR) is 111 cm³/mol. The van der Waals surface area contributed by atoms with Crippen LogP contribution in [0.25, 0.3) is 0 Å². The third-order valence-corrected chi connectivity index (χ3v) is 3.43. The molecule has 0 saturated heterocycles. The third-order valence-electron chi connectivity index (χ3n) is 3.43. The standard InChI is InChI=1S/C12H25.C6H9NO6.Na.H2O4S/c1-3-5-7-9-11-12-10-8-6-4-2;8-4(9)1-7(2-5(10)11)3-6(12)13;;1-5(2,3)4/h1,3-12H2,2H3;1-3H2,(H,8,9)(H,10,11)(H,12,13);;(H2,1,2,3,4)/q-1;;+1;. The van der Waals surface area contributed by atoms with E-state index in [1.165, 1.54) is 57.8 Å². The molecule has 0 unspecified atom stereocenters. The zero-order chi connectivity index (χ0) is 24.0. The molecule has 0 amide bonds. The summed E-state index contributed by atoms with van der Waals surface area (Å²) in [7, 11) is -4.67. The fraction of sp³-hybridized carbons (Fsp3) is 0.778. The number of carboxylic acids is 3. The van der Waals surface area contributed by atoms with Crippen molar-refractivity contribution in [2.24, 2.45) is 0 Å². The fourth-order valence-electron chi connectivity index (χ4n) is 2.23. The maximum atomic E-state index is 10.1. The van der Waals surface area contributed by atoms with E-state index in [0.717, 1.165) is 11.3 Å². The second-order valence-corrected chi connectivity index (χ2v) is 7.35. The fourth-order valence-corrected chi connectivity index (χ4v) is 2.23. The molecule has 13 heteroatoms. The van der Waals surface area contributed by atoms with Gasteiger partial charge in [-0.2, -0.15) is 14.8 Å². The van der Waals surface area contributed by atoms with E-state index in [1.807, 2.05) is 0 Å². The number of hydrogen-bond acceptors (Lipinski definition) is 6. The van der Waals surface area contributed by atoms with E-state index < -0.39 is 47.9 Å². The van der Waals surface area contributed by atoms with Crippen LogP contribution in [-0.2, 0) is 24.8 Å². The summed E-state index contributed by atoms with van der Waals surface area (Å²) >= 11 is 0. The zero-order valence-electron chi connectivity index (χ0n) is 18.5. The van der Waals surface area contributed by atoms with Gasteiger partial charge in [0.25, 0.3) is 0 Å². The van der Waals surface area contributed by atoms with Crippen LogP contribution in [0.4, 0.5) is 0 Å². The summed E-state index contributed by atoms with van der Waals surface area (Å²) in [5.41, 5.74) is 0. The average Bonchev–Trinajstić information content (AvgIpc) is 2.54. The summed E-state index contributed by atoms with van der Waals surface area (Å²) in [5.74, 6) is -3.78. The van der Waals surface area contributed by atoms with Crippen molar-refractivity contribution in [3.05, 3.63) is 6.92 Å². The van der Waals surface area contributed by atoms with Crippen molar-refractivity contribution in [2.45, 2.75) is 71.1 Å². The van der Waals surface area contributed by atoms with Crippen LogP contribution in [0.3, 0.4) is 0 Å². The molecule has 0 rings (SSSR count). The van der Waals surface area contributed by atoms with Crippen LogP contribution >= 0.6 is 0 Å². The van der Waals surface area contributed by atoms with Crippen molar-refractivity contribution in [1.29, 1.82) is 0 Å². The van der Waals surface area contributed by atoms with E-state index in [-0.39, 0.29) is 29.6 Å². The van der Waals surface area contributed by atoms with Gasteiger partial charge in [-0.3, -0.25) is 28.4 Å².